The van der Waals surface area contributed by atoms with E-state index in [0.717, 1.165) is 59.2 Å². The molecule has 0 spiro atoms. The van der Waals surface area contributed by atoms with Crippen LogP contribution in [0.25, 0.3) is 10.2 Å². The number of anilines is 3. The van der Waals surface area contributed by atoms with E-state index in [0.29, 0.717) is 13.1 Å². The number of nitrogens with zero attached hydrogens (tertiary/aromatic N) is 6. The Morgan fingerprint density at radius 3 is 2.26 bits per heavy atom. The number of benzene rings is 2. The lowest BCUT2D eigenvalue weighted by Crippen LogP contribution is -2.53. The van der Waals surface area contributed by atoms with Gasteiger partial charge in [0.05, 0.1) is 10.3 Å². The van der Waals surface area contributed by atoms with Crippen LogP contribution in [0.2, 0.25) is 0 Å². The third kappa shape index (κ3) is 4.58. The van der Waals surface area contributed by atoms with Crippen LogP contribution in [0.4, 0.5) is 17.2 Å². The molecule has 2 aliphatic heterocycles. The first-order chi connectivity index (χ1) is 18.5. The zero-order valence-electron chi connectivity index (χ0n) is 22.3. The number of hydrogen-bond donors (Lipinski definition) is 0. The summed E-state index contributed by atoms with van der Waals surface area (Å²) in [7, 11) is 0. The monoisotopic (exact) mass is 526 g/mol. The highest BCUT2D eigenvalue weighted by Crippen LogP contribution is 2.36. The maximum Gasteiger partial charge on any atom is 0.264 e. The number of rotatable bonds is 4. The van der Waals surface area contributed by atoms with Crippen molar-refractivity contribution in [3.8, 4) is 0 Å². The van der Waals surface area contributed by atoms with Crippen molar-refractivity contribution in [2.24, 2.45) is 0 Å². The van der Waals surface area contributed by atoms with Crippen LogP contribution < -0.4 is 14.7 Å². The third-order valence-corrected chi connectivity index (χ3v) is 9.07. The number of carbonyl (C=O) groups is 1. The first-order valence-electron chi connectivity index (χ1n) is 13.4. The van der Waals surface area contributed by atoms with E-state index in [4.69, 9.17) is 4.98 Å². The molecule has 38 heavy (non-hydrogen) atoms. The van der Waals surface area contributed by atoms with Crippen molar-refractivity contribution in [3.63, 3.8) is 0 Å². The lowest BCUT2D eigenvalue weighted by Gasteiger charge is -2.41. The molecule has 0 radical (unpaired) electrons. The zero-order chi connectivity index (χ0) is 26.2. The molecule has 0 aliphatic carbocycles. The fourth-order valence-electron chi connectivity index (χ4n) is 5.72. The molecule has 0 bridgehead atoms. The van der Waals surface area contributed by atoms with Gasteiger partial charge in [-0.3, -0.25) is 4.79 Å². The van der Waals surface area contributed by atoms with Gasteiger partial charge in [0.2, 0.25) is 0 Å². The van der Waals surface area contributed by atoms with Gasteiger partial charge in [0, 0.05) is 63.2 Å². The summed E-state index contributed by atoms with van der Waals surface area (Å²) in [4.78, 5) is 33.9. The van der Waals surface area contributed by atoms with Gasteiger partial charge in [-0.15, -0.1) is 11.3 Å². The van der Waals surface area contributed by atoms with E-state index in [1.54, 1.807) is 6.33 Å². The molecule has 1 atom stereocenters. The number of para-hydroxylation sites is 1. The van der Waals surface area contributed by atoms with Crippen LogP contribution in [0.5, 0.6) is 0 Å². The lowest BCUT2D eigenvalue weighted by atomic mass is 10.1. The van der Waals surface area contributed by atoms with Crippen LogP contribution in [0.15, 0.2) is 60.9 Å². The molecule has 2 aromatic heterocycles. The predicted octanol–water partition coefficient (Wildman–Crippen LogP) is 4.99. The van der Waals surface area contributed by atoms with Gasteiger partial charge in [0.25, 0.3) is 5.91 Å². The minimum Gasteiger partial charge on any atom is -0.368 e. The van der Waals surface area contributed by atoms with Crippen molar-refractivity contribution >= 4 is 44.7 Å². The molecule has 2 aromatic carbocycles. The van der Waals surface area contributed by atoms with Gasteiger partial charge in [-0.1, -0.05) is 35.9 Å². The van der Waals surface area contributed by atoms with Crippen LogP contribution in [-0.2, 0) is 0 Å². The summed E-state index contributed by atoms with van der Waals surface area (Å²) in [6.07, 6.45) is 1.65. The second-order valence-electron chi connectivity index (χ2n) is 10.4. The molecular weight excluding hydrogens is 492 g/mol. The Labute approximate surface area is 228 Å². The summed E-state index contributed by atoms with van der Waals surface area (Å²) in [6.45, 7) is 12.3. The number of hydrogen-bond acceptors (Lipinski definition) is 7. The Kier molecular flexibility index (Phi) is 6.66. The molecule has 2 aliphatic rings. The van der Waals surface area contributed by atoms with Gasteiger partial charge in [0.15, 0.2) is 0 Å². The molecule has 2 fully saturated rings. The molecule has 8 heteroatoms. The number of fused-ring (bicyclic) bond motifs is 1. The van der Waals surface area contributed by atoms with E-state index < -0.39 is 0 Å². The van der Waals surface area contributed by atoms with E-state index in [-0.39, 0.29) is 11.9 Å². The zero-order valence-corrected chi connectivity index (χ0v) is 23.1. The summed E-state index contributed by atoms with van der Waals surface area (Å²) in [5, 5.41) is 1.03. The predicted molar refractivity (Wildman–Crippen MR) is 157 cm³/mol. The van der Waals surface area contributed by atoms with Gasteiger partial charge < -0.3 is 19.6 Å². The van der Waals surface area contributed by atoms with Crippen molar-refractivity contribution in [2.75, 3.05) is 60.5 Å². The van der Waals surface area contributed by atoms with Crippen molar-refractivity contribution < 1.29 is 4.79 Å². The average molecular weight is 527 g/mol. The Morgan fingerprint density at radius 1 is 0.842 bits per heavy atom. The quantitative estimate of drug-likeness (QED) is 0.374. The highest BCUT2D eigenvalue weighted by molar-refractivity contribution is 7.20. The molecule has 0 N–H and O–H groups in total. The Balaban J connectivity index is 1.19. The SMILES string of the molecule is Cc1ccc(N2CCN(C(=O)c3sc4ncnc(N5CCN(c6ccccc6)CC5)c4c3C)C[C@@H]2C)cc1. The standard InChI is InChI=1S/C30H34N6OS/c1-21-9-11-25(12-10-21)36-18-17-35(19-22(36)2)30(37)27-23(3)26-28(31-20-32-29(26)38-27)34-15-13-33(14-16-34)24-7-5-4-6-8-24/h4-12,20,22H,13-19H2,1-3H3/t22-/m0/s1. The molecule has 1 amide bonds. The topological polar surface area (TPSA) is 55.8 Å². The minimum absolute atomic E-state index is 0.112. The number of aryl methyl sites for hydroxylation is 2. The smallest absolute Gasteiger partial charge is 0.264 e. The summed E-state index contributed by atoms with van der Waals surface area (Å²) >= 11 is 1.51. The number of piperazine rings is 2. The number of aromatic nitrogens is 2. The fraction of sp³-hybridized carbons (Fsp3) is 0.367. The maximum absolute atomic E-state index is 13.8. The van der Waals surface area contributed by atoms with E-state index in [1.807, 2.05) is 4.90 Å². The Bertz CT molecular complexity index is 1430. The highest BCUT2D eigenvalue weighted by Gasteiger charge is 2.31. The maximum atomic E-state index is 13.8. The first kappa shape index (κ1) is 24.7. The molecule has 6 rings (SSSR count). The number of carbonyl (C=O) groups excluding carboxylic acids is 1. The average Bonchev–Trinajstić information content (AvgIpc) is 3.30. The van der Waals surface area contributed by atoms with E-state index >= 15 is 0 Å². The second kappa shape index (κ2) is 10.3. The third-order valence-electron chi connectivity index (χ3n) is 7.88. The molecule has 196 valence electrons. The van der Waals surface area contributed by atoms with Crippen molar-refractivity contribution in [2.45, 2.75) is 26.8 Å². The molecular formula is C30H34N6OS. The highest BCUT2D eigenvalue weighted by atomic mass is 32.1. The first-order valence-corrected chi connectivity index (χ1v) is 14.2. The molecule has 4 aromatic rings. The van der Waals surface area contributed by atoms with Crippen molar-refractivity contribution in [1.82, 2.24) is 14.9 Å². The largest absolute Gasteiger partial charge is 0.368 e. The summed E-state index contributed by atoms with van der Waals surface area (Å²) in [5.41, 5.74) is 4.75. The lowest BCUT2D eigenvalue weighted by molar-refractivity contribution is 0.0730. The van der Waals surface area contributed by atoms with Crippen molar-refractivity contribution in [3.05, 3.63) is 76.9 Å². The van der Waals surface area contributed by atoms with E-state index in [1.165, 1.54) is 28.3 Å². The van der Waals surface area contributed by atoms with Crippen LogP contribution in [0.3, 0.4) is 0 Å². The normalized spacial score (nSPS) is 18.3. The number of thiophene rings is 1. The van der Waals surface area contributed by atoms with E-state index in [9.17, 15) is 4.79 Å². The Hall–Kier alpha value is -3.65. The van der Waals surface area contributed by atoms with Crippen molar-refractivity contribution in [1.29, 1.82) is 0 Å². The summed E-state index contributed by atoms with van der Waals surface area (Å²) < 4.78 is 0. The fourth-order valence-corrected chi connectivity index (χ4v) is 6.83. The Morgan fingerprint density at radius 2 is 1.55 bits per heavy atom. The van der Waals surface area contributed by atoms with Gasteiger partial charge in [-0.2, -0.15) is 0 Å². The minimum atomic E-state index is 0.112. The summed E-state index contributed by atoms with van der Waals surface area (Å²) in [6, 6.07) is 19.5. The van der Waals surface area contributed by atoms with Crippen LogP contribution in [0, 0.1) is 13.8 Å². The van der Waals surface area contributed by atoms with Crippen LogP contribution in [-0.4, -0.2) is 72.6 Å². The van der Waals surface area contributed by atoms with Gasteiger partial charge in [-0.05, 0) is 50.6 Å². The van der Waals surface area contributed by atoms with Crippen LogP contribution >= 0.6 is 11.3 Å². The van der Waals surface area contributed by atoms with Gasteiger partial charge >= 0.3 is 0 Å². The van der Waals surface area contributed by atoms with Gasteiger partial charge in [-0.25, -0.2) is 9.97 Å². The second-order valence-corrected chi connectivity index (χ2v) is 11.4. The van der Waals surface area contributed by atoms with E-state index in [2.05, 4.69) is 95.1 Å². The molecule has 2 saturated heterocycles. The van der Waals surface area contributed by atoms with Gasteiger partial charge in [0.1, 0.15) is 17.0 Å². The summed E-state index contributed by atoms with van der Waals surface area (Å²) in [5.74, 6) is 1.06. The van der Waals surface area contributed by atoms with Crippen LogP contribution in [0.1, 0.15) is 27.7 Å². The molecule has 0 saturated carbocycles. The number of amides is 1. The molecule has 4 heterocycles. The molecule has 0 unspecified atom stereocenters. The molecule has 7 nitrogen and oxygen atoms in total.